The normalized spacial score (nSPS) is 16.3. The van der Waals surface area contributed by atoms with Gasteiger partial charge in [0.1, 0.15) is 5.78 Å². The monoisotopic (exact) mass is 323 g/mol. The molecule has 2 aromatic rings. The second kappa shape index (κ2) is 7.41. The van der Waals surface area contributed by atoms with Crippen LogP contribution in [0.5, 0.6) is 0 Å². The van der Waals surface area contributed by atoms with Gasteiger partial charge in [0.2, 0.25) is 0 Å². The minimum Gasteiger partial charge on any atom is -0.299 e. The molecule has 1 atom stereocenters. The van der Waals surface area contributed by atoms with Crippen LogP contribution in [0.25, 0.3) is 0 Å². The Morgan fingerprint density at radius 2 is 1.88 bits per heavy atom. The zero-order valence-corrected chi connectivity index (χ0v) is 13.5. The molecule has 2 aromatic carbocycles. The number of Topliss-reactive ketones (excluding diaryl/α,β-unsaturated/α-hetero) is 1. The molecule has 4 nitrogen and oxygen atoms in total. The third kappa shape index (κ3) is 3.89. The molecule has 0 saturated heterocycles. The van der Waals surface area contributed by atoms with Gasteiger partial charge < -0.3 is 0 Å². The van der Waals surface area contributed by atoms with Gasteiger partial charge in [0.05, 0.1) is 0 Å². The molecular formula is C20H21NO3. The van der Waals surface area contributed by atoms with E-state index in [4.69, 9.17) is 5.21 Å². The first kappa shape index (κ1) is 16.4. The molecule has 4 heteroatoms. The van der Waals surface area contributed by atoms with Gasteiger partial charge in [0.15, 0.2) is 0 Å². The Hall–Kier alpha value is -2.46. The van der Waals surface area contributed by atoms with E-state index >= 15 is 0 Å². The molecule has 1 aliphatic carbocycles. The lowest BCUT2D eigenvalue weighted by Gasteiger charge is -2.24. The summed E-state index contributed by atoms with van der Waals surface area (Å²) in [5.74, 6) is 0.0835. The Kier molecular flexibility index (Phi) is 5.06. The van der Waals surface area contributed by atoms with Crippen LogP contribution in [0.3, 0.4) is 0 Å². The fourth-order valence-corrected chi connectivity index (χ4v) is 3.43. The molecular weight excluding hydrogens is 302 g/mol. The molecule has 0 heterocycles. The largest absolute Gasteiger partial charge is 0.299 e. The lowest BCUT2D eigenvalue weighted by atomic mass is 9.80. The quantitative estimate of drug-likeness (QED) is 0.656. The number of hydrogen-bond acceptors (Lipinski definition) is 3. The Balaban J connectivity index is 1.64. The van der Waals surface area contributed by atoms with Gasteiger partial charge in [-0.05, 0) is 54.0 Å². The van der Waals surface area contributed by atoms with Crippen LogP contribution in [0.1, 0.15) is 39.9 Å². The third-order valence-electron chi connectivity index (χ3n) is 4.66. The van der Waals surface area contributed by atoms with E-state index in [1.54, 1.807) is 11.5 Å². The molecule has 0 bridgehead atoms. The Labute approximate surface area is 141 Å². The number of hydroxylamine groups is 1. The number of nitrogens with one attached hydrogen (secondary N) is 1. The maximum Gasteiger partial charge on any atom is 0.274 e. The summed E-state index contributed by atoms with van der Waals surface area (Å²) < 4.78 is 0. The highest BCUT2D eigenvalue weighted by molar-refractivity contribution is 5.93. The molecule has 3 rings (SSSR count). The first-order chi connectivity index (χ1) is 11.7. The van der Waals surface area contributed by atoms with Crippen molar-refractivity contribution in [2.75, 3.05) is 0 Å². The molecule has 24 heavy (non-hydrogen) atoms. The van der Waals surface area contributed by atoms with Crippen LogP contribution >= 0.6 is 0 Å². The maximum atomic E-state index is 12.3. The van der Waals surface area contributed by atoms with E-state index in [2.05, 4.69) is 0 Å². The Morgan fingerprint density at radius 1 is 1.08 bits per heavy atom. The number of amides is 1. The molecule has 0 aromatic heterocycles. The first-order valence-electron chi connectivity index (χ1n) is 8.27. The van der Waals surface area contributed by atoms with Gasteiger partial charge >= 0.3 is 0 Å². The number of rotatable bonds is 5. The van der Waals surface area contributed by atoms with Crippen LogP contribution in [0.2, 0.25) is 0 Å². The number of benzene rings is 2. The minimum atomic E-state index is -0.500. The van der Waals surface area contributed by atoms with Gasteiger partial charge in [-0.2, -0.15) is 0 Å². The van der Waals surface area contributed by atoms with E-state index in [0.29, 0.717) is 24.3 Å². The molecule has 0 radical (unpaired) electrons. The van der Waals surface area contributed by atoms with Crippen LogP contribution in [-0.4, -0.2) is 16.9 Å². The summed E-state index contributed by atoms with van der Waals surface area (Å²) in [5, 5.41) is 8.76. The topological polar surface area (TPSA) is 66.4 Å². The van der Waals surface area contributed by atoms with E-state index in [9.17, 15) is 9.59 Å². The number of carbonyl (C=O) groups is 2. The third-order valence-corrected chi connectivity index (χ3v) is 4.66. The van der Waals surface area contributed by atoms with Crippen molar-refractivity contribution in [1.82, 2.24) is 5.48 Å². The number of ketones is 1. The van der Waals surface area contributed by atoms with Gasteiger partial charge in [-0.1, -0.05) is 36.4 Å². The summed E-state index contributed by atoms with van der Waals surface area (Å²) >= 11 is 0. The van der Waals surface area contributed by atoms with Gasteiger partial charge in [-0.15, -0.1) is 0 Å². The predicted molar refractivity (Wildman–Crippen MR) is 91.0 cm³/mol. The van der Waals surface area contributed by atoms with Gasteiger partial charge in [0, 0.05) is 18.4 Å². The van der Waals surface area contributed by atoms with E-state index < -0.39 is 5.91 Å². The van der Waals surface area contributed by atoms with E-state index in [1.807, 2.05) is 42.5 Å². The molecule has 0 spiro atoms. The second-order valence-electron chi connectivity index (χ2n) is 6.44. The summed E-state index contributed by atoms with van der Waals surface area (Å²) in [7, 11) is 0. The highest BCUT2D eigenvalue weighted by atomic mass is 16.5. The molecule has 0 saturated carbocycles. The zero-order chi connectivity index (χ0) is 16.9. The summed E-state index contributed by atoms with van der Waals surface area (Å²) in [5.41, 5.74) is 5.52. The minimum absolute atomic E-state index is 0.263. The van der Waals surface area contributed by atoms with E-state index in [-0.39, 0.29) is 5.78 Å². The number of carbonyl (C=O) groups excluding carboxylic acids is 2. The van der Waals surface area contributed by atoms with E-state index in [0.717, 1.165) is 30.4 Å². The molecule has 0 fully saturated rings. The second-order valence-corrected chi connectivity index (χ2v) is 6.44. The van der Waals surface area contributed by atoms with Crippen molar-refractivity contribution in [2.45, 2.75) is 32.1 Å². The van der Waals surface area contributed by atoms with Crippen LogP contribution in [0.4, 0.5) is 0 Å². The van der Waals surface area contributed by atoms with Gasteiger partial charge in [0.25, 0.3) is 5.91 Å². The number of aryl methyl sites for hydroxylation is 1. The lowest BCUT2D eigenvalue weighted by Crippen LogP contribution is -2.21. The molecule has 124 valence electrons. The van der Waals surface area contributed by atoms with E-state index in [1.165, 1.54) is 5.56 Å². The van der Waals surface area contributed by atoms with Crippen LogP contribution in [0.15, 0.2) is 48.5 Å². The highest BCUT2D eigenvalue weighted by Gasteiger charge is 2.22. The van der Waals surface area contributed by atoms with Crippen molar-refractivity contribution < 1.29 is 14.8 Å². The smallest absolute Gasteiger partial charge is 0.274 e. The van der Waals surface area contributed by atoms with Crippen molar-refractivity contribution >= 4 is 11.7 Å². The first-order valence-corrected chi connectivity index (χ1v) is 8.27. The SMILES string of the molecule is O=C(Cc1ccccc1)CC1CCc2ccc(C(=O)NO)cc2C1. The van der Waals surface area contributed by atoms with Crippen molar-refractivity contribution in [3.05, 3.63) is 70.8 Å². The fraction of sp³-hybridized carbons (Fsp3) is 0.300. The Morgan fingerprint density at radius 3 is 2.62 bits per heavy atom. The van der Waals surface area contributed by atoms with Crippen molar-refractivity contribution in [3.63, 3.8) is 0 Å². The van der Waals surface area contributed by atoms with Crippen molar-refractivity contribution in [1.29, 1.82) is 0 Å². The summed E-state index contributed by atoms with van der Waals surface area (Å²) in [6.07, 6.45) is 3.79. The fourth-order valence-electron chi connectivity index (χ4n) is 3.43. The summed E-state index contributed by atoms with van der Waals surface area (Å²) in [4.78, 5) is 23.9. The molecule has 1 aliphatic rings. The van der Waals surface area contributed by atoms with Crippen molar-refractivity contribution in [3.8, 4) is 0 Å². The number of fused-ring (bicyclic) bond motifs is 1. The summed E-state index contributed by atoms with van der Waals surface area (Å²) in [6.45, 7) is 0. The maximum absolute atomic E-state index is 12.3. The van der Waals surface area contributed by atoms with Crippen LogP contribution < -0.4 is 5.48 Å². The van der Waals surface area contributed by atoms with Crippen LogP contribution in [-0.2, 0) is 24.1 Å². The summed E-state index contributed by atoms with van der Waals surface area (Å²) in [6, 6.07) is 15.3. The number of hydrogen-bond donors (Lipinski definition) is 2. The zero-order valence-electron chi connectivity index (χ0n) is 13.5. The average Bonchev–Trinajstić information content (AvgIpc) is 2.61. The van der Waals surface area contributed by atoms with Crippen molar-refractivity contribution in [2.24, 2.45) is 5.92 Å². The Bertz CT molecular complexity index is 740. The molecule has 2 N–H and O–H groups in total. The molecule has 0 aliphatic heterocycles. The highest BCUT2D eigenvalue weighted by Crippen LogP contribution is 2.29. The van der Waals surface area contributed by atoms with Crippen LogP contribution in [0, 0.1) is 5.92 Å². The standard InChI is InChI=1S/C20H21NO3/c22-19(11-14-4-2-1-3-5-14)12-15-6-7-16-8-9-17(20(23)21-24)13-18(16)10-15/h1-5,8-9,13,15,24H,6-7,10-12H2,(H,21,23). The average molecular weight is 323 g/mol. The van der Waals surface area contributed by atoms with Gasteiger partial charge in [-0.3, -0.25) is 14.8 Å². The molecule has 1 unspecified atom stereocenters. The predicted octanol–water partition coefficient (Wildman–Crippen LogP) is 3.11. The van der Waals surface area contributed by atoms with Gasteiger partial charge in [-0.25, -0.2) is 5.48 Å². The lowest BCUT2D eigenvalue weighted by molar-refractivity contribution is -0.119. The molecule has 1 amide bonds.